The van der Waals surface area contributed by atoms with Crippen molar-refractivity contribution in [2.75, 3.05) is 13.2 Å². The Balaban J connectivity index is 1.98. The fourth-order valence-electron chi connectivity index (χ4n) is 2.62. The van der Waals surface area contributed by atoms with Gasteiger partial charge in [-0.3, -0.25) is 9.59 Å². The zero-order chi connectivity index (χ0) is 19.1. The Morgan fingerprint density at radius 1 is 1.08 bits per heavy atom. The summed E-state index contributed by atoms with van der Waals surface area (Å²) in [6.45, 7) is 6.49. The van der Waals surface area contributed by atoms with Crippen LogP contribution in [0.15, 0.2) is 42.5 Å². The van der Waals surface area contributed by atoms with E-state index in [0.29, 0.717) is 18.6 Å². The van der Waals surface area contributed by atoms with Gasteiger partial charge in [0.25, 0.3) is 5.91 Å². The second-order valence-corrected chi connectivity index (χ2v) is 6.33. The van der Waals surface area contributed by atoms with E-state index in [9.17, 15) is 14.7 Å². The van der Waals surface area contributed by atoms with Crippen molar-refractivity contribution in [2.45, 2.75) is 27.2 Å². The molecule has 2 rings (SSSR count). The van der Waals surface area contributed by atoms with Gasteiger partial charge in [-0.1, -0.05) is 18.2 Å². The second kappa shape index (κ2) is 9.04. The van der Waals surface area contributed by atoms with Crippen LogP contribution in [0.4, 0.5) is 0 Å². The normalized spacial score (nSPS) is 11.7. The summed E-state index contributed by atoms with van der Waals surface area (Å²) in [4.78, 5) is 23.8. The van der Waals surface area contributed by atoms with Gasteiger partial charge in [0.05, 0.1) is 12.5 Å². The summed E-state index contributed by atoms with van der Waals surface area (Å²) in [5, 5.41) is 12.2. The molecule has 0 aromatic heterocycles. The fraction of sp³-hybridized carbons (Fsp3) is 0.333. The van der Waals surface area contributed by atoms with Gasteiger partial charge in [-0.15, -0.1) is 0 Å². The smallest absolute Gasteiger partial charge is 0.308 e. The Morgan fingerprint density at radius 2 is 1.77 bits per heavy atom. The molecule has 0 spiro atoms. The van der Waals surface area contributed by atoms with Gasteiger partial charge in [-0.25, -0.2) is 0 Å². The van der Waals surface area contributed by atoms with Crippen molar-refractivity contribution >= 4 is 11.9 Å². The monoisotopic (exact) mass is 355 g/mol. The van der Waals surface area contributed by atoms with E-state index in [1.165, 1.54) is 0 Å². The standard InChI is InChI=1S/C21H25NO4/c1-4-26-19-9-6-16(7-10-19)12-18(21(24)25)13-22-20(23)17-8-5-14(2)15(3)11-17/h5-11,18H,4,12-13H2,1-3H3,(H,22,23)(H,24,25). The van der Waals surface area contributed by atoms with Gasteiger partial charge < -0.3 is 15.2 Å². The van der Waals surface area contributed by atoms with Crippen LogP contribution in [-0.2, 0) is 11.2 Å². The summed E-state index contributed by atoms with van der Waals surface area (Å²) in [6, 6.07) is 12.8. The molecule has 0 heterocycles. The molecule has 1 unspecified atom stereocenters. The molecule has 138 valence electrons. The third-order valence-electron chi connectivity index (χ3n) is 4.34. The molecule has 0 bridgehead atoms. The average Bonchev–Trinajstić information content (AvgIpc) is 2.62. The van der Waals surface area contributed by atoms with Crippen molar-refractivity contribution in [2.24, 2.45) is 5.92 Å². The molecule has 0 radical (unpaired) electrons. The number of aliphatic carboxylic acids is 1. The number of nitrogens with one attached hydrogen (secondary N) is 1. The molecule has 0 saturated heterocycles. The Hall–Kier alpha value is -2.82. The number of carboxylic acid groups (broad SMARTS) is 1. The van der Waals surface area contributed by atoms with E-state index >= 15 is 0 Å². The quantitative estimate of drug-likeness (QED) is 0.761. The van der Waals surface area contributed by atoms with E-state index in [-0.39, 0.29) is 12.5 Å². The van der Waals surface area contributed by atoms with Crippen LogP contribution in [-0.4, -0.2) is 30.1 Å². The van der Waals surface area contributed by atoms with E-state index in [2.05, 4.69) is 5.32 Å². The van der Waals surface area contributed by atoms with E-state index < -0.39 is 11.9 Å². The molecule has 5 nitrogen and oxygen atoms in total. The number of carbonyl (C=O) groups excluding carboxylic acids is 1. The first-order valence-corrected chi connectivity index (χ1v) is 8.70. The number of hydrogen-bond donors (Lipinski definition) is 2. The Kier molecular flexibility index (Phi) is 6.78. The Bertz CT molecular complexity index is 768. The minimum absolute atomic E-state index is 0.0777. The summed E-state index contributed by atoms with van der Waals surface area (Å²) in [7, 11) is 0. The Labute approximate surface area is 154 Å². The van der Waals surface area contributed by atoms with Gasteiger partial charge in [0.15, 0.2) is 0 Å². The number of carboxylic acids is 1. The van der Waals surface area contributed by atoms with Crippen LogP contribution in [0.3, 0.4) is 0 Å². The number of hydrogen-bond acceptors (Lipinski definition) is 3. The van der Waals surface area contributed by atoms with Gasteiger partial charge in [0.2, 0.25) is 0 Å². The fourth-order valence-corrected chi connectivity index (χ4v) is 2.62. The molecule has 2 aromatic carbocycles. The summed E-state index contributed by atoms with van der Waals surface area (Å²) >= 11 is 0. The van der Waals surface area contributed by atoms with E-state index in [0.717, 1.165) is 22.4 Å². The SMILES string of the molecule is CCOc1ccc(CC(CNC(=O)c2ccc(C)c(C)c2)C(=O)O)cc1. The van der Waals surface area contributed by atoms with Crippen LogP contribution in [0.1, 0.15) is 34.0 Å². The summed E-state index contributed by atoms with van der Waals surface area (Å²) < 4.78 is 5.39. The van der Waals surface area contributed by atoms with Crippen LogP contribution >= 0.6 is 0 Å². The molecule has 0 aliphatic rings. The maximum atomic E-state index is 12.3. The summed E-state index contributed by atoms with van der Waals surface area (Å²) in [5.41, 5.74) is 3.57. The number of ether oxygens (including phenoxy) is 1. The number of rotatable bonds is 8. The molecular weight excluding hydrogens is 330 g/mol. The van der Waals surface area contributed by atoms with Crippen molar-refractivity contribution in [1.82, 2.24) is 5.32 Å². The first-order valence-electron chi connectivity index (χ1n) is 8.70. The minimum Gasteiger partial charge on any atom is -0.494 e. The molecule has 0 fully saturated rings. The molecular formula is C21H25NO4. The first-order chi connectivity index (χ1) is 12.4. The highest BCUT2D eigenvalue weighted by Crippen LogP contribution is 2.16. The van der Waals surface area contributed by atoms with Gasteiger partial charge in [-0.05, 0) is 68.1 Å². The van der Waals surface area contributed by atoms with Gasteiger partial charge in [-0.2, -0.15) is 0 Å². The third-order valence-corrected chi connectivity index (χ3v) is 4.34. The van der Waals surface area contributed by atoms with Crippen molar-refractivity contribution in [3.05, 3.63) is 64.7 Å². The van der Waals surface area contributed by atoms with Crippen molar-refractivity contribution in [3.8, 4) is 5.75 Å². The number of amides is 1. The Morgan fingerprint density at radius 3 is 2.35 bits per heavy atom. The second-order valence-electron chi connectivity index (χ2n) is 6.33. The number of carbonyl (C=O) groups is 2. The molecule has 0 saturated carbocycles. The van der Waals surface area contributed by atoms with Gasteiger partial charge >= 0.3 is 5.97 Å². The highest BCUT2D eigenvalue weighted by Gasteiger charge is 2.19. The molecule has 26 heavy (non-hydrogen) atoms. The molecule has 5 heteroatoms. The van der Waals surface area contributed by atoms with Gasteiger partial charge in [0, 0.05) is 12.1 Å². The average molecular weight is 355 g/mol. The summed E-state index contributed by atoms with van der Waals surface area (Å²) in [5.74, 6) is -1.13. The van der Waals surface area contributed by atoms with E-state index in [1.54, 1.807) is 6.07 Å². The molecule has 1 amide bonds. The predicted octanol–water partition coefficient (Wildman–Crippen LogP) is 3.38. The van der Waals surface area contributed by atoms with E-state index in [1.807, 2.05) is 57.2 Å². The van der Waals surface area contributed by atoms with Crippen LogP contribution < -0.4 is 10.1 Å². The van der Waals surface area contributed by atoms with Crippen molar-refractivity contribution in [3.63, 3.8) is 0 Å². The highest BCUT2D eigenvalue weighted by molar-refractivity contribution is 5.94. The largest absolute Gasteiger partial charge is 0.494 e. The number of benzene rings is 2. The van der Waals surface area contributed by atoms with Crippen LogP contribution in [0.25, 0.3) is 0 Å². The molecule has 0 aliphatic carbocycles. The lowest BCUT2D eigenvalue weighted by Crippen LogP contribution is -2.34. The maximum Gasteiger partial charge on any atom is 0.308 e. The predicted molar refractivity (Wildman–Crippen MR) is 101 cm³/mol. The van der Waals surface area contributed by atoms with Crippen LogP contribution in [0, 0.1) is 19.8 Å². The lowest BCUT2D eigenvalue weighted by atomic mass is 9.99. The summed E-state index contributed by atoms with van der Waals surface area (Å²) in [6.07, 6.45) is 0.342. The maximum absolute atomic E-state index is 12.3. The molecule has 0 aliphatic heterocycles. The zero-order valence-corrected chi connectivity index (χ0v) is 15.4. The minimum atomic E-state index is -0.931. The van der Waals surface area contributed by atoms with Crippen LogP contribution in [0.5, 0.6) is 5.75 Å². The van der Waals surface area contributed by atoms with Crippen LogP contribution in [0.2, 0.25) is 0 Å². The third kappa shape index (κ3) is 5.34. The van der Waals surface area contributed by atoms with Crippen molar-refractivity contribution < 1.29 is 19.4 Å². The highest BCUT2D eigenvalue weighted by atomic mass is 16.5. The molecule has 2 N–H and O–H groups in total. The molecule has 1 atom stereocenters. The molecule has 2 aromatic rings. The van der Waals surface area contributed by atoms with Crippen molar-refractivity contribution in [1.29, 1.82) is 0 Å². The zero-order valence-electron chi connectivity index (χ0n) is 15.4. The van der Waals surface area contributed by atoms with E-state index in [4.69, 9.17) is 4.74 Å². The first kappa shape index (κ1) is 19.5. The lowest BCUT2D eigenvalue weighted by Gasteiger charge is -2.14. The van der Waals surface area contributed by atoms with Gasteiger partial charge in [0.1, 0.15) is 5.75 Å². The lowest BCUT2D eigenvalue weighted by molar-refractivity contribution is -0.141. The number of aryl methyl sites for hydroxylation is 2. The topological polar surface area (TPSA) is 75.6 Å².